The Bertz CT molecular complexity index is 201. The molecule has 9 heavy (non-hydrogen) atoms. The fourth-order valence-corrected chi connectivity index (χ4v) is 1.24. The van der Waals surface area contributed by atoms with Crippen LogP contribution < -0.4 is 5.84 Å². The molecular weight excluding hydrogens is 132 g/mol. The van der Waals surface area contributed by atoms with Crippen LogP contribution in [0.3, 0.4) is 0 Å². The molecule has 0 saturated carbocycles. The summed E-state index contributed by atoms with van der Waals surface area (Å²) in [6.07, 6.45) is 0. The number of hydrogen-bond acceptors (Lipinski definition) is 3. The second-order valence-electron chi connectivity index (χ2n) is 1.73. The van der Waals surface area contributed by atoms with Crippen LogP contribution in [0.15, 0.2) is 21.9 Å². The Hall–Kier alpha value is -0.830. The van der Waals surface area contributed by atoms with Crippen molar-refractivity contribution in [3.63, 3.8) is 0 Å². The van der Waals surface area contributed by atoms with Crippen molar-refractivity contribution in [3.05, 3.63) is 22.4 Å². The van der Waals surface area contributed by atoms with E-state index in [1.807, 2.05) is 23.8 Å². The highest BCUT2D eigenvalue weighted by Crippen LogP contribution is 2.05. The second kappa shape index (κ2) is 2.64. The Morgan fingerprint density at radius 1 is 1.78 bits per heavy atom. The van der Waals surface area contributed by atoms with Crippen molar-refractivity contribution in [1.29, 1.82) is 0 Å². The van der Waals surface area contributed by atoms with Crippen molar-refractivity contribution < 1.29 is 0 Å². The molecule has 2 N–H and O–H groups in total. The molecule has 3 heteroatoms. The van der Waals surface area contributed by atoms with Gasteiger partial charge in [0.05, 0.1) is 5.71 Å². The normalized spacial score (nSPS) is 11.9. The van der Waals surface area contributed by atoms with E-state index in [0.29, 0.717) is 0 Å². The number of nitrogens with zero attached hydrogens (tertiary/aromatic N) is 1. The van der Waals surface area contributed by atoms with Gasteiger partial charge in [-0.3, -0.25) is 0 Å². The molecule has 0 unspecified atom stereocenters. The van der Waals surface area contributed by atoms with Crippen LogP contribution in [0.5, 0.6) is 0 Å². The van der Waals surface area contributed by atoms with E-state index in [9.17, 15) is 0 Å². The summed E-state index contributed by atoms with van der Waals surface area (Å²) >= 11 is 1.65. The molecule has 0 fully saturated rings. The van der Waals surface area contributed by atoms with E-state index >= 15 is 0 Å². The molecule has 2 nitrogen and oxygen atoms in total. The number of hydrazone groups is 1. The molecule has 0 bridgehead atoms. The first kappa shape index (κ1) is 6.29. The zero-order valence-electron chi connectivity index (χ0n) is 5.16. The van der Waals surface area contributed by atoms with E-state index in [1.165, 1.54) is 0 Å². The van der Waals surface area contributed by atoms with Gasteiger partial charge in [0.25, 0.3) is 0 Å². The van der Waals surface area contributed by atoms with Crippen molar-refractivity contribution in [3.8, 4) is 0 Å². The molecule has 0 aliphatic heterocycles. The summed E-state index contributed by atoms with van der Waals surface area (Å²) in [4.78, 5) is 0. The van der Waals surface area contributed by atoms with E-state index < -0.39 is 0 Å². The van der Waals surface area contributed by atoms with Crippen LogP contribution in [0.2, 0.25) is 0 Å². The van der Waals surface area contributed by atoms with E-state index in [2.05, 4.69) is 5.10 Å². The van der Waals surface area contributed by atoms with Gasteiger partial charge < -0.3 is 5.84 Å². The predicted molar refractivity (Wildman–Crippen MR) is 40.7 cm³/mol. The summed E-state index contributed by atoms with van der Waals surface area (Å²) in [6, 6.07) is 2.00. The smallest absolute Gasteiger partial charge is 0.0650 e. The maximum Gasteiger partial charge on any atom is 0.0650 e. The summed E-state index contributed by atoms with van der Waals surface area (Å²) < 4.78 is 0. The largest absolute Gasteiger partial charge is 0.323 e. The second-order valence-corrected chi connectivity index (χ2v) is 2.51. The van der Waals surface area contributed by atoms with E-state index in [4.69, 9.17) is 5.84 Å². The lowest BCUT2D eigenvalue weighted by atomic mass is 10.2. The Morgan fingerprint density at radius 3 is 3.00 bits per heavy atom. The SMILES string of the molecule is CC(=NN)c1ccsc1. The van der Waals surface area contributed by atoms with Crippen molar-refractivity contribution in [2.24, 2.45) is 10.9 Å². The van der Waals surface area contributed by atoms with Crippen LogP contribution in [0.4, 0.5) is 0 Å². The zero-order valence-corrected chi connectivity index (χ0v) is 5.98. The molecule has 1 aromatic heterocycles. The maximum absolute atomic E-state index is 5.06. The summed E-state index contributed by atoms with van der Waals surface area (Å²) in [5, 5.41) is 7.58. The van der Waals surface area contributed by atoms with Gasteiger partial charge in [-0.25, -0.2) is 0 Å². The van der Waals surface area contributed by atoms with Crippen LogP contribution in [-0.4, -0.2) is 5.71 Å². The fourth-order valence-electron chi connectivity index (χ4n) is 0.545. The molecule has 0 spiro atoms. The first-order valence-electron chi connectivity index (χ1n) is 2.61. The summed E-state index contributed by atoms with van der Waals surface area (Å²) in [5.41, 5.74) is 2.00. The molecule has 1 heterocycles. The number of hydrogen-bond donors (Lipinski definition) is 1. The lowest BCUT2D eigenvalue weighted by Gasteiger charge is -1.88. The predicted octanol–water partition coefficient (Wildman–Crippen LogP) is 1.43. The van der Waals surface area contributed by atoms with Crippen LogP contribution in [0.25, 0.3) is 0 Å². The topological polar surface area (TPSA) is 38.4 Å². The Morgan fingerprint density at radius 2 is 2.56 bits per heavy atom. The molecule has 1 rings (SSSR count). The lowest BCUT2D eigenvalue weighted by molar-refractivity contribution is 1.24. The number of thiophene rings is 1. The molecule has 0 radical (unpaired) electrons. The third-order valence-electron chi connectivity index (χ3n) is 1.13. The van der Waals surface area contributed by atoms with Gasteiger partial charge in [0, 0.05) is 5.56 Å². The van der Waals surface area contributed by atoms with Gasteiger partial charge in [-0.2, -0.15) is 16.4 Å². The highest BCUT2D eigenvalue weighted by Gasteiger charge is 1.93. The van der Waals surface area contributed by atoms with Gasteiger partial charge in [-0.05, 0) is 23.8 Å². The van der Waals surface area contributed by atoms with E-state index in [-0.39, 0.29) is 0 Å². The molecule has 0 aromatic carbocycles. The average Bonchev–Trinajstić information content (AvgIpc) is 2.37. The fraction of sp³-hybridized carbons (Fsp3) is 0.167. The van der Waals surface area contributed by atoms with Crippen LogP contribution in [0.1, 0.15) is 12.5 Å². The summed E-state index contributed by atoms with van der Waals surface area (Å²) in [7, 11) is 0. The highest BCUT2D eigenvalue weighted by molar-refractivity contribution is 7.08. The first-order chi connectivity index (χ1) is 4.34. The molecular formula is C6H8N2S. The van der Waals surface area contributed by atoms with E-state index in [1.54, 1.807) is 11.3 Å². The van der Waals surface area contributed by atoms with Gasteiger partial charge in [0.1, 0.15) is 0 Å². The minimum absolute atomic E-state index is 0.885. The van der Waals surface area contributed by atoms with Gasteiger partial charge in [0.2, 0.25) is 0 Å². The average molecular weight is 140 g/mol. The Kier molecular flexibility index (Phi) is 1.85. The minimum atomic E-state index is 0.885. The molecule has 0 amide bonds. The monoisotopic (exact) mass is 140 g/mol. The van der Waals surface area contributed by atoms with Crippen molar-refractivity contribution in [2.45, 2.75) is 6.92 Å². The third-order valence-corrected chi connectivity index (χ3v) is 1.82. The Balaban J connectivity index is 2.90. The van der Waals surface area contributed by atoms with Crippen molar-refractivity contribution in [2.75, 3.05) is 0 Å². The molecule has 0 aliphatic carbocycles. The van der Waals surface area contributed by atoms with Gasteiger partial charge in [0.15, 0.2) is 0 Å². The van der Waals surface area contributed by atoms with E-state index in [0.717, 1.165) is 11.3 Å². The number of nitrogens with two attached hydrogens (primary N) is 1. The molecule has 48 valence electrons. The first-order valence-corrected chi connectivity index (χ1v) is 3.56. The quantitative estimate of drug-likeness (QED) is 0.357. The third kappa shape index (κ3) is 1.29. The molecule has 0 atom stereocenters. The van der Waals surface area contributed by atoms with Gasteiger partial charge >= 0.3 is 0 Å². The molecule has 1 aromatic rings. The maximum atomic E-state index is 5.06. The Labute approximate surface area is 58.0 Å². The van der Waals surface area contributed by atoms with Gasteiger partial charge in [-0.1, -0.05) is 0 Å². The standard InChI is InChI=1S/C6H8N2S/c1-5(8-7)6-2-3-9-4-6/h2-4H,7H2,1H3. The summed E-state index contributed by atoms with van der Waals surface area (Å²) in [6.45, 7) is 1.89. The number of rotatable bonds is 1. The van der Waals surface area contributed by atoms with Crippen LogP contribution in [-0.2, 0) is 0 Å². The van der Waals surface area contributed by atoms with Crippen molar-refractivity contribution >= 4 is 17.0 Å². The van der Waals surface area contributed by atoms with Crippen LogP contribution in [0, 0.1) is 0 Å². The highest BCUT2D eigenvalue weighted by atomic mass is 32.1. The minimum Gasteiger partial charge on any atom is -0.323 e. The lowest BCUT2D eigenvalue weighted by Crippen LogP contribution is -1.95. The molecule has 0 aliphatic rings. The van der Waals surface area contributed by atoms with Crippen LogP contribution >= 0.6 is 11.3 Å². The zero-order chi connectivity index (χ0) is 6.69. The summed E-state index contributed by atoms with van der Waals surface area (Å²) in [5.74, 6) is 5.06. The van der Waals surface area contributed by atoms with Gasteiger partial charge in [-0.15, -0.1) is 0 Å². The van der Waals surface area contributed by atoms with Crippen molar-refractivity contribution in [1.82, 2.24) is 0 Å². The molecule has 0 saturated heterocycles.